The lowest BCUT2D eigenvalue weighted by Crippen LogP contribution is -2.49. The number of urea groups is 1. The van der Waals surface area contributed by atoms with Gasteiger partial charge in [-0.15, -0.1) is 0 Å². The van der Waals surface area contributed by atoms with Gasteiger partial charge < -0.3 is 10.1 Å². The number of carbonyl (C=O) groups excluding carboxylic acids is 2. The van der Waals surface area contributed by atoms with Gasteiger partial charge in [0, 0.05) is 6.42 Å². The van der Waals surface area contributed by atoms with Crippen molar-refractivity contribution < 1.29 is 23.6 Å². The monoisotopic (exact) mass is 312 g/mol. The zero-order chi connectivity index (χ0) is 16.8. The number of nitrogens with one attached hydrogen (secondary N) is 2. The fourth-order valence-electron chi connectivity index (χ4n) is 1.62. The molecule has 0 heterocycles. The van der Waals surface area contributed by atoms with Crippen molar-refractivity contribution in [1.82, 2.24) is 10.8 Å². The Kier molecular flexibility index (Phi) is 6.30. The molecular weight excluding hydrogens is 291 g/mol. The Hall–Kier alpha value is -2.15. The van der Waals surface area contributed by atoms with Gasteiger partial charge in [-0.2, -0.15) is 0 Å². The Morgan fingerprint density at radius 2 is 2.00 bits per heavy atom. The first-order valence-electron chi connectivity index (χ1n) is 6.78. The number of esters is 1. The summed E-state index contributed by atoms with van der Waals surface area (Å²) in [6.07, 6.45) is 0.105. The van der Waals surface area contributed by atoms with Crippen molar-refractivity contribution >= 4 is 12.0 Å². The van der Waals surface area contributed by atoms with Crippen molar-refractivity contribution in [3.63, 3.8) is 0 Å². The summed E-state index contributed by atoms with van der Waals surface area (Å²) in [7, 11) is 1.21. The Labute approximate surface area is 128 Å². The minimum Gasteiger partial charge on any atom is -0.467 e. The highest BCUT2D eigenvalue weighted by Crippen LogP contribution is 2.08. The zero-order valence-electron chi connectivity index (χ0n) is 13.1. The lowest BCUT2D eigenvalue weighted by atomic mass is 10.1. The third kappa shape index (κ3) is 6.53. The number of benzene rings is 1. The molecule has 1 rings (SSSR count). The van der Waals surface area contributed by atoms with Crippen molar-refractivity contribution in [3.05, 3.63) is 35.6 Å². The van der Waals surface area contributed by atoms with Crippen LogP contribution in [0.5, 0.6) is 0 Å². The molecule has 7 heteroatoms. The molecule has 0 fully saturated rings. The Bertz CT molecular complexity index is 529. The van der Waals surface area contributed by atoms with Crippen molar-refractivity contribution in [2.45, 2.75) is 38.8 Å². The van der Waals surface area contributed by atoms with E-state index in [9.17, 15) is 14.0 Å². The third-order valence-corrected chi connectivity index (χ3v) is 2.57. The van der Waals surface area contributed by atoms with E-state index < -0.39 is 29.5 Å². The molecule has 122 valence electrons. The second-order valence-electron chi connectivity index (χ2n) is 5.70. The molecule has 6 nitrogen and oxygen atoms in total. The summed E-state index contributed by atoms with van der Waals surface area (Å²) in [4.78, 5) is 28.6. The van der Waals surface area contributed by atoms with Crippen LogP contribution in [0.4, 0.5) is 9.18 Å². The maximum absolute atomic E-state index is 13.2. The number of hydrogen-bond acceptors (Lipinski definition) is 4. The van der Waals surface area contributed by atoms with Crippen LogP contribution in [-0.2, 0) is 20.8 Å². The van der Waals surface area contributed by atoms with Crippen LogP contribution in [-0.4, -0.2) is 30.8 Å². The second-order valence-corrected chi connectivity index (χ2v) is 5.70. The first-order chi connectivity index (χ1) is 10.2. The van der Waals surface area contributed by atoms with Crippen LogP contribution < -0.4 is 10.8 Å². The summed E-state index contributed by atoms with van der Waals surface area (Å²) in [6.45, 7) is 5.29. The molecular formula is C15H21FN2O4. The summed E-state index contributed by atoms with van der Waals surface area (Å²) in [5.74, 6) is -1.04. The predicted octanol–water partition coefficient (Wildman–Crippen LogP) is 1.94. The average Bonchev–Trinajstić information content (AvgIpc) is 2.43. The highest BCUT2D eigenvalue weighted by atomic mass is 19.1. The molecule has 1 unspecified atom stereocenters. The molecule has 2 N–H and O–H groups in total. The maximum Gasteiger partial charge on any atom is 0.339 e. The van der Waals surface area contributed by atoms with E-state index in [-0.39, 0.29) is 6.42 Å². The molecule has 0 radical (unpaired) electrons. The standard InChI is InChI=1S/C15H21FN2O4/c1-15(2,3)22-18-14(20)17-12(13(19)21-4)9-10-6-5-7-11(16)8-10/h5-8,12H,9H2,1-4H3,(H2,17,18,20). The van der Waals surface area contributed by atoms with Crippen LogP contribution in [0.2, 0.25) is 0 Å². The van der Waals surface area contributed by atoms with E-state index in [0.717, 1.165) is 0 Å². The molecule has 0 saturated heterocycles. The van der Waals surface area contributed by atoms with Crippen LogP contribution in [0.1, 0.15) is 26.3 Å². The van der Waals surface area contributed by atoms with Crippen LogP contribution >= 0.6 is 0 Å². The lowest BCUT2D eigenvalue weighted by Gasteiger charge is -2.21. The third-order valence-electron chi connectivity index (χ3n) is 2.57. The van der Waals surface area contributed by atoms with E-state index in [0.29, 0.717) is 5.56 Å². The number of carbonyl (C=O) groups is 2. The number of rotatable bonds is 5. The minimum absolute atomic E-state index is 0.105. The van der Waals surface area contributed by atoms with Gasteiger partial charge in [-0.25, -0.2) is 19.5 Å². The molecule has 22 heavy (non-hydrogen) atoms. The lowest BCUT2D eigenvalue weighted by molar-refractivity contribution is -0.142. The van der Waals surface area contributed by atoms with Gasteiger partial charge in [-0.05, 0) is 38.5 Å². The molecule has 1 aromatic rings. The van der Waals surface area contributed by atoms with Gasteiger partial charge in [0.15, 0.2) is 0 Å². The predicted molar refractivity (Wildman–Crippen MR) is 78.4 cm³/mol. The van der Waals surface area contributed by atoms with Gasteiger partial charge in [-0.3, -0.25) is 4.84 Å². The van der Waals surface area contributed by atoms with Gasteiger partial charge >= 0.3 is 12.0 Å². The van der Waals surface area contributed by atoms with Gasteiger partial charge in [-0.1, -0.05) is 12.1 Å². The fraction of sp³-hybridized carbons (Fsp3) is 0.467. The summed E-state index contributed by atoms with van der Waals surface area (Å²) in [6, 6.07) is 4.15. The van der Waals surface area contributed by atoms with Crippen LogP contribution in [0.25, 0.3) is 0 Å². The molecule has 1 aromatic carbocycles. The molecule has 0 aliphatic carbocycles. The highest BCUT2D eigenvalue weighted by Gasteiger charge is 2.23. The van der Waals surface area contributed by atoms with E-state index in [4.69, 9.17) is 4.84 Å². The summed E-state index contributed by atoms with van der Waals surface area (Å²) in [5.41, 5.74) is 2.19. The van der Waals surface area contributed by atoms with Gasteiger partial charge in [0.05, 0.1) is 12.7 Å². The smallest absolute Gasteiger partial charge is 0.339 e. The number of ether oxygens (including phenoxy) is 1. The average molecular weight is 312 g/mol. The number of hydrogen-bond donors (Lipinski definition) is 2. The summed E-state index contributed by atoms with van der Waals surface area (Å²) >= 11 is 0. The normalized spacial score (nSPS) is 12.4. The number of amides is 2. The van der Waals surface area contributed by atoms with Crippen molar-refractivity contribution in [2.75, 3.05) is 7.11 Å². The minimum atomic E-state index is -0.949. The molecule has 2 amide bonds. The van der Waals surface area contributed by atoms with Crippen LogP contribution in [0, 0.1) is 5.82 Å². The first-order valence-corrected chi connectivity index (χ1v) is 6.78. The topological polar surface area (TPSA) is 76.7 Å². The van der Waals surface area contributed by atoms with E-state index in [1.807, 2.05) is 0 Å². The Morgan fingerprint density at radius 1 is 1.32 bits per heavy atom. The van der Waals surface area contributed by atoms with E-state index >= 15 is 0 Å². The molecule has 1 atom stereocenters. The molecule has 0 aliphatic rings. The van der Waals surface area contributed by atoms with Crippen LogP contribution in [0.3, 0.4) is 0 Å². The van der Waals surface area contributed by atoms with Gasteiger partial charge in [0.25, 0.3) is 0 Å². The second kappa shape index (κ2) is 7.74. The fourth-order valence-corrected chi connectivity index (χ4v) is 1.62. The van der Waals surface area contributed by atoms with Gasteiger partial charge in [0.1, 0.15) is 11.9 Å². The van der Waals surface area contributed by atoms with Crippen molar-refractivity contribution in [2.24, 2.45) is 0 Å². The Morgan fingerprint density at radius 3 is 2.55 bits per heavy atom. The van der Waals surface area contributed by atoms with E-state index in [2.05, 4.69) is 15.5 Å². The molecule has 0 aliphatic heterocycles. The highest BCUT2D eigenvalue weighted by molar-refractivity contribution is 5.83. The molecule has 0 bridgehead atoms. The molecule has 0 saturated carbocycles. The Balaban J connectivity index is 2.69. The quantitative estimate of drug-likeness (QED) is 0.643. The largest absolute Gasteiger partial charge is 0.467 e. The number of hydroxylamine groups is 1. The number of halogens is 1. The zero-order valence-corrected chi connectivity index (χ0v) is 13.1. The van der Waals surface area contributed by atoms with E-state index in [1.165, 1.54) is 25.3 Å². The number of methoxy groups -OCH3 is 1. The molecule has 0 aromatic heterocycles. The van der Waals surface area contributed by atoms with Gasteiger partial charge in [0.2, 0.25) is 0 Å². The van der Waals surface area contributed by atoms with Crippen LogP contribution in [0.15, 0.2) is 24.3 Å². The SMILES string of the molecule is COC(=O)C(Cc1cccc(F)c1)NC(=O)NOC(C)(C)C. The van der Waals surface area contributed by atoms with E-state index in [1.54, 1.807) is 26.8 Å². The molecule has 0 spiro atoms. The van der Waals surface area contributed by atoms with Crippen molar-refractivity contribution in [3.8, 4) is 0 Å². The first kappa shape index (κ1) is 17.9. The summed E-state index contributed by atoms with van der Waals surface area (Å²) in [5, 5.41) is 2.44. The maximum atomic E-state index is 13.2. The summed E-state index contributed by atoms with van der Waals surface area (Å²) < 4.78 is 17.8. The van der Waals surface area contributed by atoms with Crippen molar-refractivity contribution in [1.29, 1.82) is 0 Å².